The summed E-state index contributed by atoms with van der Waals surface area (Å²) in [5, 5.41) is 14.5. The molecule has 0 radical (unpaired) electrons. The van der Waals surface area contributed by atoms with E-state index in [1.165, 1.54) is 0 Å². The van der Waals surface area contributed by atoms with Crippen LogP contribution in [0.15, 0.2) is 5.16 Å². The molecule has 0 fully saturated rings. The Kier molecular flexibility index (Phi) is 5.21. The maximum absolute atomic E-state index is 11.0. The van der Waals surface area contributed by atoms with Crippen molar-refractivity contribution in [2.24, 2.45) is 10.9 Å². The Labute approximate surface area is 115 Å². The van der Waals surface area contributed by atoms with Gasteiger partial charge >= 0.3 is 5.97 Å². The molecule has 0 aliphatic heterocycles. The van der Waals surface area contributed by atoms with E-state index in [1.54, 1.807) is 0 Å². The number of halogens is 1. The fraction of sp³-hybridized carbons (Fsp3) is 0.125. The Morgan fingerprint density at radius 3 is 2.84 bits per heavy atom. The van der Waals surface area contributed by atoms with E-state index in [9.17, 15) is 14.4 Å². The molecule has 19 heavy (non-hydrogen) atoms. The molecule has 1 rings (SSSR count). The van der Waals surface area contributed by atoms with Gasteiger partial charge in [-0.05, 0) is 0 Å². The first-order valence-corrected chi connectivity index (χ1v) is 5.73. The topological polar surface area (TPSA) is 144 Å². The lowest BCUT2D eigenvalue weighted by molar-refractivity contribution is -0.130. The van der Waals surface area contributed by atoms with Crippen molar-refractivity contribution in [1.82, 2.24) is 4.98 Å². The lowest BCUT2D eigenvalue weighted by Gasteiger charge is -1.99. The Morgan fingerprint density at radius 1 is 1.63 bits per heavy atom. The van der Waals surface area contributed by atoms with Gasteiger partial charge in [-0.3, -0.25) is 9.59 Å². The molecule has 0 atom stereocenters. The van der Waals surface area contributed by atoms with Crippen LogP contribution in [0.25, 0.3) is 0 Å². The summed E-state index contributed by atoms with van der Waals surface area (Å²) in [7, 11) is 0. The number of oxime groups is 1. The van der Waals surface area contributed by atoms with E-state index in [0.29, 0.717) is 6.41 Å². The number of carboxylic acid groups (broad SMARTS) is 1. The van der Waals surface area contributed by atoms with Crippen molar-refractivity contribution in [3.05, 3.63) is 10.0 Å². The summed E-state index contributed by atoms with van der Waals surface area (Å²) >= 11 is 6.61. The number of nitrogens with one attached hydrogen (secondary N) is 1. The van der Waals surface area contributed by atoms with Gasteiger partial charge in [0, 0.05) is 0 Å². The highest BCUT2D eigenvalue weighted by atomic mass is 35.5. The third-order valence-electron chi connectivity index (χ3n) is 1.56. The summed E-state index contributed by atoms with van der Waals surface area (Å²) in [6.45, 7) is -0.585. The number of carbonyl (C=O) groups excluding carboxylic acids is 2. The first-order chi connectivity index (χ1) is 8.95. The number of nitrogens with two attached hydrogens (primary N) is 1. The van der Waals surface area contributed by atoms with Crippen molar-refractivity contribution >= 4 is 52.1 Å². The van der Waals surface area contributed by atoms with E-state index >= 15 is 0 Å². The quantitative estimate of drug-likeness (QED) is 0.357. The molecule has 0 aliphatic rings. The number of carboxylic acids is 1. The third kappa shape index (κ3) is 4.19. The molecule has 0 spiro atoms. The van der Waals surface area contributed by atoms with E-state index < -0.39 is 24.2 Å². The zero-order valence-electron chi connectivity index (χ0n) is 9.12. The van der Waals surface area contributed by atoms with Crippen LogP contribution in [-0.2, 0) is 19.2 Å². The van der Waals surface area contributed by atoms with Gasteiger partial charge < -0.3 is 21.0 Å². The molecule has 1 aromatic rings. The van der Waals surface area contributed by atoms with Crippen LogP contribution in [0.2, 0.25) is 4.34 Å². The molecule has 0 aliphatic carbocycles. The summed E-state index contributed by atoms with van der Waals surface area (Å²) in [4.78, 5) is 39.9. The fourth-order valence-corrected chi connectivity index (χ4v) is 1.91. The number of anilines is 1. The molecular weight excluding hydrogens is 300 g/mol. The number of carbonyl (C=O) groups is 3. The Bertz CT molecular complexity index is 543. The zero-order chi connectivity index (χ0) is 14.4. The van der Waals surface area contributed by atoms with Gasteiger partial charge in [-0.25, -0.2) is 9.78 Å². The molecule has 0 saturated carbocycles. The Morgan fingerprint density at radius 2 is 2.32 bits per heavy atom. The standard InChI is InChI=1S/C8H7ClN4O5S/c9-6-4(12-8(19-6)11-2-14)5(7(16)17)13-18-1-3(10)15/h2H,1H2,(H2,10,15)(H,16,17)(H,11,12,14). The number of amides is 2. The van der Waals surface area contributed by atoms with Crippen LogP contribution in [0, 0.1) is 0 Å². The predicted octanol–water partition coefficient (Wildman–Crippen LogP) is -0.345. The van der Waals surface area contributed by atoms with E-state index in [4.69, 9.17) is 22.4 Å². The summed E-state index contributed by atoms with van der Waals surface area (Å²) < 4.78 is -0.00632. The molecule has 1 aromatic heterocycles. The monoisotopic (exact) mass is 306 g/mol. The Balaban J connectivity index is 3.01. The molecule has 4 N–H and O–H groups in total. The molecule has 11 heteroatoms. The smallest absolute Gasteiger partial charge is 0.360 e. The van der Waals surface area contributed by atoms with Crippen LogP contribution >= 0.6 is 22.9 Å². The van der Waals surface area contributed by atoms with Gasteiger partial charge in [0.25, 0.3) is 5.91 Å². The van der Waals surface area contributed by atoms with Gasteiger partial charge in [0.05, 0.1) is 0 Å². The molecule has 0 bridgehead atoms. The van der Waals surface area contributed by atoms with Crippen LogP contribution < -0.4 is 11.1 Å². The predicted molar refractivity (Wildman–Crippen MR) is 66.1 cm³/mol. The van der Waals surface area contributed by atoms with Crippen LogP contribution in [0.3, 0.4) is 0 Å². The van der Waals surface area contributed by atoms with Crippen LogP contribution in [-0.4, -0.2) is 40.7 Å². The number of primary amides is 1. The average molecular weight is 307 g/mol. The average Bonchev–Trinajstić information content (AvgIpc) is 2.65. The highest BCUT2D eigenvalue weighted by molar-refractivity contribution is 7.20. The van der Waals surface area contributed by atoms with Crippen molar-refractivity contribution < 1.29 is 24.3 Å². The molecule has 0 unspecified atom stereocenters. The van der Waals surface area contributed by atoms with Gasteiger partial charge in [0.15, 0.2) is 11.7 Å². The molecule has 1 heterocycles. The molecule has 2 amide bonds. The highest BCUT2D eigenvalue weighted by Gasteiger charge is 2.22. The first-order valence-electron chi connectivity index (χ1n) is 4.54. The minimum atomic E-state index is -1.46. The van der Waals surface area contributed by atoms with E-state index in [1.807, 2.05) is 0 Å². The maximum Gasteiger partial charge on any atom is 0.360 e. The SMILES string of the molecule is NC(=O)CON=C(C(=O)O)c1nc(NC=O)sc1Cl. The number of hydrogen-bond acceptors (Lipinski definition) is 7. The number of aromatic nitrogens is 1. The summed E-state index contributed by atoms with van der Waals surface area (Å²) in [6.07, 6.45) is 0.361. The molecular formula is C8H7ClN4O5S. The lowest BCUT2D eigenvalue weighted by Crippen LogP contribution is -2.20. The van der Waals surface area contributed by atoms with Gasteiger partial charge in [0.1, 0.15) is 10.0 Å². The second-order valence-electron chi connectivity index (χ2n) is 2.89. The van der Waals surface area contributed by atoms with Gasteiger partial charge in [-0.1, -0.05) is 28.1 Å². The van der Waals surface area contributed by atoms with Crippen LogP contribution in [0.4, 0.5) is 5.13 Å². The second kappa shape index (κ2) is 6.66. The lowest BCUT2D eigenvalue weighted by atomic mass is 10.3. The van der Waals surface area contributed by atoms with Gasteiger partial charge in [-0.15, -0.1) is 0 Å². The van der Waals surface area contributed by atoms with Crippen molar-refractivity contribution in [3.63, 3.8) is 0 Å². The number of nitrogens with zero attached hydrogens (tertiary/aromatic N) is 2. The van der Waals surface area contributed by atoms with E-state index in [2.05, 4.69) is 20.3 Å². The molecule has 9 nitrogen and oxygen atoms in total. The van der Waals surface area contributed by atoms with Gasteiger partial charge in [-0.2, -0.15) is 0 Å². The van der Waals surface area contributed by atoms with Gasteiger partial charge in [0.2, 0.25) is 12.1 Å². The summed E-state index contributed by atoms with van der Waals surface area (Å²) in [6, 6.07) is 0. The van der Waals surface area contributed by atoms with Crippen molar-refractivity contribution in [1.29, 1.82) is 0 Å². The normalized spacial score (nSPS) is 10.9. The number of rotatable bonds is 7. The fourth-order valence-electron chi connectivity index (χ4n) is 0.904. The summed E-state index contributed by atoms with van der Waals surface area (Å²) in [5.41, 5.74) is 4.00. The van der Waals surface area contributed by atoms with Crippen LogP contribution in [0.5, 0.6) is 0 Å². The van der Waals surface area contributed by atoms with Crippen molar-refractivity contribution in [2.75, 3.05) is 11.9 Å². The first kappa shape index (κ1) is 14.9. The summed E-state index contributed by atoms with van der Waals surface area (Å²) in [5.74, 6) is -2.28. The zero-order valence-corrected chi connectivity index (χ0v) is 10.7. The van der Waals surface area contributed by atoms with E-state index in [0.717, 1.165) is 11.3 Å². The number of aliphatic carboxylic acids is 1. The van der Waals surface area contributed by atoms with Crippen LogP contribution in [0.1, 0.15) is 5.69 Å². The minimum Gasteiger partial charge on any atom is -0.476 e. The number of hydrogen-bond donors (Lipinski definition) is 3. The second-order valence-corrected chi connectivity index (χ2v) is 4.49. The highest BCUT2D eigenvalue weighted by Crippen LogP contribution is 2.28. The largest absolute Gasteiger partial charge is 0.476 e. The van der Waals surface area contributed by atoms with Crippen molar-refractivity contribution in [3.8, 4) is 0 Å². The van der Waals surface area contributed by atoms with E-state index in [-0.39, 0.29) is 15.2 Å². The Hall–Kier alpha value is -2.20. The number of thiazole rings is 1. The molecule has 0 aromatic carbocycles. The van der Waals surface area contributed by atoms with Crippen molar-refractivity contribution in [2.45, 2.75) is 0 Å². The minimum absolute atomic E-state index is 0.00632. The molecule has 102 valence electrons. The third-order valence-corrected chi connectivity index (χ3v) is 2.74. The maximum atomic E-state index is 11.0. The molecule has 0 saturated heterocycles.